The Balaban J connectivity index is 1.09. The highest BCUT2D eigenvalue weighted by Gasteiger charge is 2.31. The summed E-state index contributed by atoms with van der Waals surface area (Å²) < 4.78 is 6.68. The average molecular weight is 670 g/mol. The molecular formula is C48H35N3O. The number of para-hydroxylation sites is 1. The van der Waals surface area contributed by atoms with E-state index in [-0.39, 0.29) is 5.41 Å². The average Bonchev–Trinajstić information content (AvgIpc) is 3.60. The van der Waals surface area contributed by atoms with Gasteiger partial charge >= 0.3 is 0 Å². The van der Waals surface area contributed by atoms with Crippen molar-refractivity contribution in [2.75, 3.05) is 0 Å². The molecule has 1 aliphatic rings. The third-order valence-electron chi connectivity index (χ3n) is 11.0. The van der Waals surface area contributed by atoms with Crippen LogP contribution in [0.3, 0.4) is 0 Å². The first-order valence-electron chi connectivity index (χ1n) is 18.0. The topological polar surface area (TPSA) is 51.8 Å². The van der Waals surface area contributed by atoms with E-state index in [4.69, 9.17) is 19.4 Å². The van der Waals surface area contributed by atoms with Crippen LogP contribution in [0.2, 0.25) is 0 Å². The number of hydrogen-bond acceptors (Lipinski definition) is 4. The standard InChI is InChI=1S/C48H35N3O/c1-48(38-24-23-32-12-6-8-16-36(32)30-38)27-25-34(26-28-48)46-49-45(33-13-3-2-4-14-33)50-47(51-46)41-19-10-20-42-43(41)40-18-9-17-39(44(40)52-42)37-22-21-31-11-5-7-15-35(31)29-37/h2-25,29-30H,26-28H2,1H3. The zero-order chi connectivity index (χ0) is 34.6. The molecule has 0 amide bonds. The molecule has 2 heterocycles. The summed E-state index contributed by atoms with van der Waals surface area (Å²) in [6.07, 6.45) is 5.17. The number of allylic oxidation sites excluding steroid dienone is 2. The summed E-state index contributed by atoms with van der Waals surface area (Å²) >= 11 is 0. The SMILES string of the molecule is CC1(c2ccc3ccccc3c2)CC=C(c2nc(-c3ccccc3)nc(-c3cccc4oc5c(-c6ccc7ccccc7c6)cccc5c34)n2)CC1. The van der Waals surface area contributed by atoms with Crippen LogP contribution in [-0.2, 0) is 5.41 Å². The van der Waals surface area contributed by atoms with Gasteiger partial charge in [-0.05, 0) is 75.1 Å². The van der Waals surface area contributed by atoms with Crippen molar-refractivity contribution in [3.63, 3.8) is 0 Å². The van der Waals surface area contributed by atoms with Crippen molar-refractivity contribution < 1.29 is 4.42 Å². The zero-order valence-electron chi connectivity index (χ0n) is 28.9. The maximum atomic E-state index is 6.68. The van der Waals surface area contributed by atoms with E-state index in [0.29, 0.717) is 11.6 Å². The first-order valence-corrected chi connectivity index (χ1v) is 18.0. The van der Waals surface area contributed by atoms with Gasteiger partial charge in [-0.25, -0.2) is 15.0 Å². The molecule has 0 aliphatic heterocycles. The number of hydrogen-bond donors (Lipinski definition) is 0. The Morgan fingerprint density at radius 3 is 2.00 bits per heavy atom. The predicted octanol–water partition coefficient (Wildman–Crippen LogP) is 12.6. The molecule has 10 rings (SSSR count). The van der Waals surface area contributed by atoms with Crippen molar-refractivity contribution in [1.82, 2.24) is 15.0 Å². The molecule has 0 saturated heterocycles. The lowest BCUT2D eigenvalue weighted by atomic mass is 9.71. The number of rotatable bonds is 5. The van der Waals surface area contributed by atoms with Gasteiger partial charge in [0.05, 0.1) is 0 Å². The van der Waals surface area contributed by atoms with Gasteiger partial charge in [-0.1, -0.05) is 153 Å². The van der Waals surface area contributed by atoms with Gasteiger partial charge in [0.15, 0.2) is 17.5 Å². The third kappa shape index (κ3) is 5.18. The monoisotopic (exact) mass is 669 g/mol. The molecule has 0 radical (unpaired) electrons. The smallest absolute Gasteiger partial charge is 0.164 e. The highest BCUT2D eigenvalue weighted by molar-refractivity contribution is 6.15. The van der Waals surface area contributed by atoms with Crippen molar-refractivity contribution in [2.24, 2.45) is 0 Å². The molecule has 1 aliphatic carbocycles. The quantitative estimate of drug-likeness (QED) is 0.183. The number of nitrogens with zero attached hydrogens (tertiary/aromatic N) is 3. The van der Waals surface area contributed by atoms with Crippen LogP contribution in [0.5, 0.6) is 0 Å². The second-order valence-corrected chi connectivity index (χ2v) is 14.3. The molecule has 2 aromatic heterocycles. The van der Waals surface area contributed by atoms with E-state index in [9.17, 15) is 0 Å². The van der Waals surface area contributed by atoms with Crippen LogP contribution in [-0.4, -0.2) is 15.0 Å². The Bertz CT molecular complexity index is 2850. The highest BCUT2D eigenvalue weighted by atomic mass is 16.3. The lowest BCUT2D eigenvalue weighted by Gasteiger charge is -2.33. The Labute approximate surface area is 302 Å². The van der Waals surface area contributed by atoms with Crippen LogP contribution in [0.15, 0.2) is 162 Å². The van der Waals surface area contributed by atoms with Crippen LogP contribution >= 0.6 is 0 Å². The Kier molecular flexibility index (Phi) is 7.10. The van der Waals surface area contributed by atoms with E-state index in [1.807, 2.05) is 30.3 Å². The van der Waals surface area contributed by atoms with Gasteiger partial charge in [-0.2, -0.15) is 0 Å². The van der Waals surface area contributed by atoms with Crippen molar-refractivity contribution in [3.05, 3.63) is 169 Å². The van der Waals surface area contributed by atoms with Crippen LogP contribution in [0.25, 0.3) is 83.0 Å². The zero-order valence-corrected chi connectivity index (χ0v) is 28.9. The van der Waals surface area contributed by atoms with Crippen LogP contribution in [0.4, 0.5) is 0 Å². The molecule has 248 valence electrons. The molecule has 4 nitrogen and oxygen atoms in total. The van der Waals surface area contributed by atoms with Gasteiger partial charge in [0.25, 0.3) is 0 Å². The first kappa shape index (κ1) is 30.4. The summed E-state index contributed by atoms with van der Waals surface area (Å²) in [6.45, 7) is 2.38. The molecule has 0 spiro atoms. The van der Waals surface area contributed by atoms with Crippen LogP contribution in [0.1, 0.15) is 37.6 Å². The van der Waals surface area contributed by atoms with Crippen molar-refractivity contribution in [3.8, 4) is 33.9 Å². The van der Waals surface area contributed by atoms with Gasteiger partial charge in [0, 0.05) is 27.5 Å². The molecule has 0 N–H and O–H groups in total. The number of furan rings is 1. The summed E-state index contributed by atoms with van der Waals surface area (Å²) in [6, 6.07) is 53.4. The number of fused-ring (bicyclic) bond motifs is 5. The van der Waals surface area contributed by atoms with E-state index in [1.165, 1.54) is 32.7 Å². The highest BCUT2D eigenvalue weighted by Crippen LogP contribution is 2.43. The molecule has 0 bridgehead atoms. The van der Waals surface area contributed by atoms with Gasteiger partial charge in [0.1, 0.15) is 11.2 Å². The molecule has 9 aromatic rings. The van der Waals surface area contributed by atoms with E-state index in [2.05, 4.69) is 134 Å². The van der Waals surface area contributed by atoms with E-state index in [1.54, 1.807) is 0 Å². The minimum absolute atomic E-state index is 0.0374. The normalized spacial score (nSPS) is 16.1. The summed E-state index contributed by atoms with van der Waals surface area (Å²) in [5.41, 5.74) is 8.35. The summed E-state index contributed by atoms with van der Waals surface area (Å²) in [5, 5.41) is 7.04. The maximum Gasteiger partial charge on any atom is 0.164 e. The van der Waals surface area contributed by atoms with Gasteiger partial charge in [-0.3, -0.25) is 0 Å². The fourth-order valence-corrected chi connectivity index (χ4v) is 7.97. The molecule has 52 heavy (non-hydrogen) atoms. The number of benzene rings is 7. The van der Waals surface area contributed by atoms with Crippen molar-refractivity contribution in [2.45, 2.75) is 31.6 Å². The Morgan fingerprint density at radius 1 is 0.538 bits per heavy atom. The van der Waals surface area contributed by atoms with Gasteiger partial charge < -0.3 is 4.42 Å². The van der Waals surface area contributed by atoms with E-state index >= 15 is 0 Å². The Morgan fingerprint density at radius 2 is 1.21 bits per heavy atom. The van der Waals surface area contributed by atoms with Gasteiger partial charge in [-0.15, -0.1) is 0 Å². The maximum absolute atomic E-state index is 6.68. The largest absolute Gasteiger partial charge is 0.455 e. The van der Waals surface area contributed by atoms with E-state index in [0.717, 1.165) is 69.3 Å². The number of aromatic nitrogens is 3. The molecule has 0 saturated carbocycles. The third-order valence-corrected chi connectivity index (χ3v) is 11.0. The molecule has 1 unspecified atom stereocenters. The summed E-state index contributed by atoms with van der Waals surface area (Å²) in [7, 11) is 0. The summed E-state index contributed by atoms with van der Waals surface area (Å²) in [4.78, 5) is 15.5. The minimum Gasteiger partial charge on any atom is -0.455 e. The second-order valence-electron chi connectivity index (χ2n) is 14.3. The van der Waals surface area contributed by atoms with Gasteiger partial charge in [0.2, 0.25) is 0 Å². The lowest BCUT2D eigenvalue weighted by molar-refractivity contribution is 0.433. The second kappa shape index (κ2) is 12.1. The predicted molar refractivity (Wildman–Crippen MR) is 214 cm³/mol. The molecular weight excluding hydrogens is 635 g/mol. The van der Waals surface area contributed by atoms with E-state index < -0.39 is 0 Å². The minimum atomic E-state index is 0.0374. The first-order chi connectivity index (χ1) is 25.6. The summed E-state index contributed by atoms with van der Waals surface area (Å²) in [5.74, 6) is 2.06. The Hall–Kier alpha value is -6.39. The van der Waals surface area contributed by atoms with Crippen molar-refractivity contribution in [1.29, 1.82) is 0 Å². The lowest BCUT2D eigenvalue weighted by Crippen LogP contribution is -2.24. The fraction of sp³-hybridized carbons (Fsp3) is 0.104. The van der Waals surface area contributed by atoms with Crippen molar-refractivity contribution >= 4 is 49.1 Å². The molecule has 1 atom stereocenters. The van der Waals surface area contributed by atoms with Crippen LogP contribution in [0, 0.1) is 0 Å². The molecule has 7 aromatic carbocycles. The molecule has 0 fully saturated rings. The molecule has 4 heteroatoms. The van der Waals surface area contributed by atoms with Crippen LogP contribution < -0.4 is 0 Å². The fourth-order valence-electron chi connectivity index (χ4n) is 7.97.